The molecule has 0 radical (unpaired) electrons. The van der Waals surface area contributed by atoms with Crippen molar-refractivity contribution in [1.82, 2.24) is 4.57 Å². The van der Waals surface area contributed by atoms with Crippen LogP contribution >= 0.6 is 22.9 Å². The standard InChI is InChI=1S/C19H17ClN2S/c1-3-13-21-19-22(17-7-5-4-6-8-17)18(14(2)23-19)15-9-11-16(20)12-10-15/h3-12H,1,13H2,2H3. The molecule has 2 nitrogen and oxygen atoms in total. The first-order valence-electron chi connectivity index (χ1n) is 7.36. The van der Waals surface area contributed by atoms with Gasteiger partial charge >= 0.3 is 0 Å². The molecule has 1 heterocycles. The Hall–Kier alpha value is -2.10. The van der Waals surface area contributed by atoms with Crippen LogP contribution < -0.4 is 4.80 Å². The van der Waals surface area contributed by atoms with E-state index in [0.717, 1.165) is 26.8 Å². The van der Waals surface area contributed by atoms with E-state index in [1.54, 1.807) is 11.3 Å². The molecule has 23 heavy (non-hydrogen) atoms. The monoisotopic (exact) mass is 340 g/mol. The zero-order valence-electron chi connectivity index (χ0n) is 12.9. The summed E-state index contributed by atoms with van der Waals surface area (Å²) in [6.07, 6.45) is 1.81. The Morgan fingerprint density at radius 3 is 2.48 bits per heavy atom. The summed E-state index contributed by atoms with van der Waals surface area (Å²) in [6, 6.07) is 18.2. The van der Waals surface area contributed by atoms with E-state index in [4.69, 9.17) is 11.6 Å². The van der Waals surface area contributed by atoms with Crippen LogP contribution in [0.15, 0.2) is 72.2 Å². The first-order chi connectivity index (χ1) is 11.2. The smallest absolute Gasteiger partial charge is 0.190 e. The van der Waals surface area contributed by atoms with E-state index >= 15 is 0 Å². The van der Waals surface area contributed by atoms with Gasteiger partial charge in [0.25, 0.3) is 0 Å². The quantitative estimate of drug-likeness (QED) is 0.577. The van der Waals surface area contributed by atoms with Gasteiger partial charge in [0, 0.05) is 15.6 Å². The Bertz CT molecular complexity index is 874. The molecule has 2 aromatic carbocycles. The lowest BCUT2D eigenvalue weighted by Gasteiger charge is -2.10. The lowest BCUT2D eigenvalue weighted by Crippen LogP contribution is -2.14. The van der Waals surface area contributed by atoms with Crippen LogP contribution in [0.25, 0.3) is 16.9 Å². The van der Waals surface area contributed by atoms with Crippen molar-refractivity contribution in [3.63, 3.8) is 0 Å². The first-order valence-corrected chi connectivity index (χ1v) is 8.55. The number of para-hydroxylation sites is 1. The highest BCUT2D eigenvalue weighted by Gasteiger charge is 2.14. The Morgan fingerprint density at radius 1 is 1.13 bits per heavy atom. The van der Waals surface area contributed by atoms with Gasteiger partial charge in [-0.2, -0.15) is 0 Å². The van der Waals surface area contributed by atoms with Crippen molar-refractivity contribution in [2.45, 2.75) is 6.92 Å². The molecule has 3 rings (SSSR count). The molecule has 4 heteroatoms. The van der Waals surface area contributed by atoms with Gasteiger partial charge in [-0.25, -0.2) is 0 Å². The minimum absolute atomic E-state index is 0.604. The second-order valence-corrected chi connectivity index (χ2v) is 6.71. The Balaban J connectivity index is 2.29. The minimum Gasteiger partial charge on any atom is -0.285 e. The van der Waals surface area contributed by atoms with Crippen molar-refractivity contribution in [1.29, 1.82) is 0 Å². The van der Waals surface area contributed by atoms with Gasteiger partial charge < -0.3 is 0 Å². The lowest BCUT2D eigenvalue weighted by atomic mass is 10.1. The molecule has 0 aliphatic heterocycles. The van der Waals surface area contributed by atoms with Crippen LogP contribution in [-0.2, 0) is 0 Å². The van der Waals surface area contributed by atoms with Crippen LogP contribution in [0.5, 0.6) is 0 Å². The van der Waals surface area contributed by atoms with Gasteiger partial charge in [-0.15, -0.1) is 17.9 Å². The van der Waals surface area contributed by atoms with Crippen LogP contribution in [-0.4, -0.2) is 11.1 Å². The Labute approximate surface area is 145 Å². The molecular weight excluding hydrogens is 324 g/mol. The molecule has 0 aliphatic carbocycles. The van der Waals surface area contributed by atoms with Crippen molar-refractivity contribution >= 4 is 22.9 Å². The molecule has 0 spiro atoms. The third-order valence-electron chi connectivity index (χ3n) is 3.48. The van der Waals surface area contributed by atoms with Gasteiger partial charge in [0.1, 0.15) is 0 Å². The Morgan fingerprint density at radius 2 is 1.83 bits per heavy atom. The van der Waals surface area contributed by atoms with Crippen molar-refractivity contribution in [3.8, 4) is 16.9 Å². The molecule has 1 aromatic heterocycles. The fourth-order valence-electron chi connectivity index (χ4n) is 2.49. The maximum atomic E-state index is 6.04. The summed E-state index contributed by atoms with van der Waals surface area (Å²) in [5.74, 6) is 0. The first kappa shape index (κ1) is 15.8. The van der Waals surface area contributed by atoms with Crippen LogP contribution in [0.3, 0.4) is 0 Å². The SMILES string of the molecule is C=CCN=c1sc(C)c(-c2ccc(Cl)cc2)n1-c1ccccc1. The summed E-state index contributed by atoms with van der Waals surface area (Å²) in [7, 11) is 0. The molecule has 0 saturated carbocycles. The fraction of sp³-hybridized carbons (Fsp3) is 0.105. The Kier molecular flexibility index (Phi) is 4.79. The van der Waals surface area contributed by atoms with Gasteiger partial charge in [-0.1, -0.05) is 48.0 Å². The number of aryl methyl sites for hydroxylation is 1. The van der Waals surface area contributed by atoms with Crippen molar-refractivity contribution in [2.75, 3.05) is 6.54 Å². The van der Waals surface area contributed by atoms with Crippen molar-refractivity contribution in [3.05, 3.63) is 82.0 Å². The highest BCUT2D eigenvalue weighted by Crippen LogP contribution is 2.28. The highest BCUT2D eigenvalue weighted by molar-refractivity contribution is 7.09. The average molecular weight is 341 g/mol. The van der Waals surface area contributed by atoms with E-state index in [0.29, 0.717) is 6.54 Å². The molecule has 0 unspecified atom stereocenters. The second-order valence-electron chi connectivity index (χ2n) is 5.10. The van der Waals surface area contributed by atoms with Crippen LogP contribution in [0.2, 0.25) is 5.02 Å². The van der Waals surface area contributed by atoms with Gasteiger partial charge in [0.05, 0.1) is 12.2 Å². The minimum atomic E-state index is 0.604. The van der Waals surface area contributed by atoms with E-state index in [9.17, 15) is 0 Å². The summed E-state index contributed by atoms with van der Waals surface area (Å²) in [6.45, 7) is 6.49. The van der Waals surface area contributed by atoms with Gasteiger partial charge in [0.15, 0.2) is 4.80 Å². The molecule has 0 amide bonds. The van der Waals surface area contributed by atoms with E-state index in [1.165, 1.54) is 4.88 Å². The van der Waals surface area contributed by atoms with Crippen molar-refractivity contribution in [2.24, 2.45) is 4.99 Å². The summed E-state index contributed by atoms with van der Waals surface area (Å²) in [5.41, 5.74) is 3.39. The molecule has 0 atom stereocenters. The number of rotatable bonds is 4. The van der Waals surface area contributed by atoms with E-state index in [2.05, 4.69) is 35.2 Å². The van der Waals surface area contributed by atoms with Crippen LogP contribution in [0.4, 0.5) is 0 Å². The predicted octanol–water partition coefficient (Wildman–Crippen LogP) is 5.25. The molecule has 3 aromatic rings. The third kappa shape index (κ3) is 3.31. The number of benzene rings is 2. The van der Waals surface area contributed by atoms with Crippen molar-refractivity contribution < 1.29 is 0 Å². The third-order valence-corrected chi connectivity index (χ3v) is 4.73. The highest BCUT2D eigenvalue weighted by atomic mass is 35.5. The normalized spacial score (nSPS) is 11.7. The largest absolute Gasteiger partial charge is 0.285 e. The van der Waals surface area contributed by atoms with Gasteiger partial charge in [-0.3, -0.25) is 9.56 Å². The zero-order valence-corrected chi connectivity index (χ0v) is 14.4. The maximum Gasteiger partial charge on any atom is 0.190 e. The fourth-order valence-corrected chi connectivity index (χ4v) is 3.62. The topological polar surface area (TPSA) is 17.3 Å². The zero-order chi connectivity index (χ0) is 16.2. The molecule has 116 valence electrons. The van der Waals surface area contributed by atoms with Gasteiger partial charge in [-0.05, 0) is 36.8 Å². The van der Waals surface area contributed by atoms with E-state index < -0.39 is 0 Å². The predicted molar refractivity (Wildman–Crippen MR) is 99.5 cm³/mol. The number of thiazole rings is 1. The van der Waals surface area contributed by atoms with Crippen LogP contribution in [0.1, 0.15) is 4.88 Å². The van der Waals surface area contributed by atoms with E-state index in [-0.39, 0.29) is 0 Å². The summed E-state index contributed by atoms with van der Waals surface area (Å²) < 4.78 is 2.20. The molecule has 0 saturated heterocycles. The number of halogens is 1. The number of nitrogens with zero attached hydrogens (tertiary/aromatic N) is 2. The molecule has 0 N–H and O–H groups in total. The molecule has 0 aliphatic rings. The average Bonchev–Trinajstić information content (AvgIpc) is 2.91. The second kappa shape index (κ2) is 6.99. The van der Waals surface area contributed by atoms with E-state index in [1.807, 2.05) is 48.5 Å². The van der Waals surface area contributed by atoms with Gasteiger partial charge in [0.2, 0.25) is 0 Å². The number of hydrogen-bond acceptors (Lipinski definition) is 2. The molecule has 0 bridgehead atoms. The molecular formula is C19H17ClN2S. The lowest BCUT2D eigenvalue weighted by molar-refractivity contribution is 0.974. The van der Waals surface area contributed by atoms with Crippen LogP contribution in [0, 0.1) is 6.92 Å². The summed E-state index contributed by atoms with van der Waals surface area (Å²) in [5, 5.41) is 0.740. The molecule has 0 fully saturated rings. The summed E-state index contributed by atoms with van der Waals surface area (Å²) in [4.78, 5) is 6.86. The summed E-state index contributed by atoms with van der Waals surface area (Å²) >= 11 is 7.73. The number of hydrogen-bond donors (Lipinski definition) is 0. The number of aromatic nitrogens is 1. The maximum absolute atomic E-state index is 6.04.